The first-order chi connectivity index (χ1) is 5.10. The molecule has 0 aliphatic carbocycles. The molecule has 0 aliphatic heterocycles. The molecular weight excluding hydrogens is 154 g/mol. The minimum absolute atomic E-state index is 0.0440. The summed E-state index contributed by atoms with van der Waals surface area (Å²) in [5, 5.41) is 0. The van der Waals surface area contributed by atoms with E-state index in [2.05, 4.69) is 0 Å². The van der Waals surface area contributed by atoms with Crippen molar-refractivity contribution in [2.24, 2.45) is 40.5 Å². The normalized spacial score (nSPS) is 16.8. The zero-order chi connectivity index (χ0) is 10.2. The number of hydrogen-bond acceptors (Lipinski definition) is 5. The van der Waals surface area contributed by atoms with Crippen LogP contribution in [0.2, 0.25) is 0 Å². The molecule has 0 aromatic heterocycles. The van der Waals surface area contributed by atoms with E-state index in [4.69, 9.17) is 28.7 Å². The maximum atomic E-state index is 5.74. The fourth-order valence-corrected chi connectivity index (χ4v) is 0.946. The van der Waals surface area contributed by atoms with Gasteiger partial charge in [0.2, 0.25) is 0 Å². The van der Waals surface area contributed by atoms with E-state index in [0.29, 0.717) is 0 Å². The first-order valence-corrected chi connectivity index (χ1v) is 4.05. The van der Waals surface area contributed by atoms with E-state index in [-0.39, 0.29) is 11.8 Å². The van der Waals surface area contributed by atoms with E-state index < -0.39 is 11.4 Å². The van der Waals surface area contributed by atoms with Gasteiger partial charge in [0.1, 0.15) is 11.4 Å². The second kappa shape index (κ2) is 3.27. The van der Waals surface area contributed by atoms with Crippen LogP contribution in [0, 0.1) is 11.8 Å². The van der Waals surface area contributed by atoms with Crippen molar-refractivity contribution in [3.05, 3.63) is 0 Å². The molecule has 0 bridgehead atoms. The third-order valence-corrected chi connectivity index (χ3v) is 2.50. The van der Waals surface area contributed by atoms with Crippen LogP contribution in [0.1, 0.15) is 20.8 Å². The second-order valence-corrected chi connectivity index (χ2v) is 3.90. The molecule has 0 spiro atoms. The molecule has 0 aromatic carbocycles. The molecule has 5 nitrogen and oxygen atoms in total. The molecule has 5 heteroatoms. The van der Waals surface area contributed by atoms with E-state index >= 15 is 0 Å². The lowest BCUT2D eigenvalue weighted by Gasteiger charge is -2.43. The van der Waals surface area contributed by atoms with E-state index in [1.54, 1.807) is 0 Å². The summed E-state index contributed by atoms with van der Waals surface area (Å²) in [5.74, 6) is -1.30. The molecule has 10 N–H and O–H groups in total. The molecule has 1 atom stereocenters. The molecule has 0 saturated heterocycles. The first-order valence-electron chi connectivity index (χ1n) is 4.05. The zero-order valence-electron chi connectivity index (χ0n) is 8.04. The van der Waals surface area contributed by atoms with Crippen LogP contribution in [0.15, 0.2) is 0 Å². The fourth-order valence-electron chi connectivity index (χ4n) is 0.946. The van der Waals surface area contributed by atoms with Crippen LogP contribution in [0.3, 0.4) is 0 Å². The summed E-state index contributed by atoms with van der Waals surface area (Å²) in [5.41, 5.74) is 26.6. The SMILES string of the molecule is CC(C)C(C)C(N)(N)C(N)(N)N. The quantitative estimate of drug-likeness (QED) is 0.330. The van der Waals surface area contributed by atoms with Crippen LogP contribution >= 0.6 is 0 Å². The van der Waals surface area contributed by atoms with Crippen molar-refractivity contribution in [2.75, 3.05) is 0 Å². The zero-order valence-corrected chi connectivity index (χ0v) is 8.04. The standard InChI is InChI=1S/C7H21N5/c1-4(2)5(3)6(8,9)7(10,11)12/h4-5H,8-12H2,1-3H3. The van der Waals surface area contributed by atoms with Gasteiger partial charge in [0.25, 0.3) is 0 Å². The maximum Gasteiger partial charge on any atom is 0.148 e. The maximum absolute atomic E-state index is 5.74. The Morgan fingerprint density at radius 2 is 1.17 bits per heavy atom. The van der Waals surface area contributed by atoms with Crippen LogP contribution in [-0.2, 0) is 0 Å². The Balaban J connectivity index is 4.61. The Labute approximate surface area is 73.6 Å². The lowest BCUT2D eigenvalue weighted by molar-refractivity contribution is 0.129. The minimum Gasteiger partial charge on any atom is -0.309 e. The Morgan fingerprint density at radius 3 is 1.25 bits per heavy atom. The van der Waals surface area contributed by atoms with Crippen LogP contribution in [0.25, 0.3) is 0 Å². The Kier molecular flexibility index (Phi) is 3.22. The number of nitrogens with two attached hydrogens (primary N) is 5. The highest BCUT2D eigenvalue weighted by molar-refractivity contribution is 4.98. The van der Waals surface area contributed by atoms with Gasteiger partial charge in [0.15, 0.2) is 0 Å². The molecule has 0 rings (SSSR count). The highest BCUT2D eigenvalue weighted by Crippen LogP contribution is 2.21. The highest BCUT2D eigenvalue weighted by atomic mass is 15.3. The molecule has 0 heterocycles. The van der Waals surface area contributed by atoms with Crippen molar-refractivity contribution < 1.29 is 0 Å². The summed E-state index contributed by atoms with van der Waals surface area (Å²) in [6, 6.07) is 0. The first kappa shape index (κ1) is 11.8. The smallest absolute Gasteiger partial charge is 0.148 e. The van der Waals surface area contributed by atoms with Gasteiger partial charge in [-0.05, 0) is 11.8 Å². The third kappa shape index (κ3) is 2.15. The van der Waals surface area contributed by atoms with Gasteiger partial charge in [-0.2, -0.15) is 0 Å². The van der Waals surface area contributed by atoms with Crippen LogP contribution in [-0.4, -0.2) is 11.4 Å². The Hall–Kier alpha value is -0.200. The van der Waals surface area contributed by atoms with Gasteiger partial charge < -0.3 is 11.5 Å². The summed E-state index contributed by atoms with van der Waals surface area (Å²) < 4.78 is 0. The molecule has 74 valence electrons. The molecule has 0 fully saturated rings. The molecule has 0 saturated carbocycles. The topological polar surface area (TPSA) is 130 Å². The van der Waals surface area contributed by atoms with E-state index in [1.807, 2.05) is 20.8 Å². The summed E-state index contributed by atoms with van der Waals surface area (Å²) in [6.07, 6.45) is 0. The van der Waals surface area contributed by atoms with Gasteiger partial charge in [0.05, 0.1) is 0 Å². The number of rotatable bonds is 3. The molecular formula is C7H21N5. The molecule has 0 amide bonds. The summed E-state index contributed by atoms with van der Waals surface area (Å²) in [4.78, 5) is 0. The van der Waals surface area contributed by atoms with E-state index in [0.717, 1.165) is 0 Å². The number of hydrogen-bond donors (Lipinski definition) is 5. The molecule has 12 heavy (non-hydrogen) atoms. The van der Waals surface area contributed by atoms with Gasteiger partial charge in [-0.15, -0.1) is 0 Å². The van der Waals surface area contributed by atoms with Crippen LogP contribution < -0.4 is 28.7 Å². The monoisotopic (exact) mass is 175 g/mol. The van der Waals surface area contributed by atoms with Crippen molar-refractivity contribution in [3.8, 4) is 0 Å². The van der Waals surface area contributed by atoms with Crippen molar-refractivity contribution >= 4 is 0 Å². The molecule has 1 unspecified atom stereocenters. The Morgan fingerprint density at radius 1 is 0.833 bits per heavy atom. The molecule has 0 aliphatic rings. The van der Waals surface area contributed by atoms with Crippen LogP contribution in [0.5, 0.6) is 0 Å². The highest BCUT2D eigenvalue weighted by Gasteiger charge is 2.42. The average molecular weight is 175 g/mol. The summed E-state index contributed by atoms with van der Waals surface area (Å²) >= 11 is 0. The lowest BCUT2D eigenvalue weighted by Crippen LogP contribution is -2.83. The van der Waals surface area contributed by atoms with Gasteiger partial charge in [0, 0.05) is 0 Å². The van der Waals surface area contributed by atoms with E-state index in [9.17, 15) is 0 Å². The largest absolute Gasteiger partial charge is 0.309 e. The summed E-state index contributed by atoms with van der Waals surface area (Å²) in [6.45, 7) is 5.86. The minimum atomic E-state index is -1.54. The molecule has 0 aromatic rings. The van der Waals surface area contributed by atoms with Gasteiger partial charge >= 0.3 is 0 Å². The van der Waals surface area contributed by atoms with Crippen molar-refractivity contribution in [3.63, 3.8) is 0 Å². The van der Waals surface area contributed by atoms with Gasteiger partial charge in [-0.25, -0.2) is 0 Å². The van der Waals surface area contributed by atoms with Crippen molar-refractivity contribution in [1.29, 1.82) is 0 Å². The van der Waals surface area contributed by atoms with Crippen LogP contribution in [0.4, 0.5) is 0 Å². The van der Waals surface area contributed by atoms with Crippen molar-refractivity contribution in [1.82, 2.24) is 0 Å². The predicted octanol–water partition coefficient (Wildman–Crippen LogP) is -1.58. The average Bonchev–Trinajstić information content (AvgIpc) is 1.83. The predicted molar refractivity (Wildman–Crippen MR) is 50.4 cm³/mol. The lowest BCUT2D eigenvalue weighted by atomic mass is 9.82. The second-order valence-electron chi connectivity index (χ2n) is 3.90. The third-order valence-electron chi connectivity index (χ3n) is 2.50. The Bertz CT molecular complexity index is 146. The fraction of sp³-hybridized carbons (Fsp3) is 1.00. The van der Waals surface area contributed by atoms with E-state index in [1.165, 1.54) is 0 Å². The molecule has 0 radical (unpaired) electrons. The summed E-state index contributed by atoms with van der Waals surface area (Å²) in [7, 11) is 0. The van der Waals surface area contributed by atoms with Gasteiger partial charge in [-0.3, -0.25) is 17.2 Å². The van der Waals surface area contributed by atoms with Crippen molar-refractivity contribution in [2.45, 2.75) is 32.2 Å². The van der Waals surface area contributed by atoms with Gasteiger partial charge in [-0.1, -0.05) is 20.8 Å².